The molecule has 1 aliphatic heterocycles. The molecule has 2 unspecified atom stereocenters. The number of piperidine rings is 1. The highest BCUT2D eigenvalue weighted by molar-refractivity contribution is 5.83. The predicted molar refractivity (Wildman–Crippen MR) is 131 cm³/mol. The Balaban J connectivity index is 1.53. The minimum absolute atomic E-state index is 0.0473. The van der Waals surface area contributed by atoms with E-state index < -0.39 is 29.8 Å². The predicted octanol–water partition coefficient (Wildman–Crippen LogP) is 5.31. The molecule has 0 N–H and O–H groups in total. The molecular weight excluding hydrogens is 430 g/mol. The van der Waals surface area contributed by atoms with E-state index in [0.717, 1.165) is 17.5 Å². The van der Waals surface area contributed by atoms with Crippen LogP contribution < -0.4 is 0 Å². The summed E-state index contributed by atoms with van der Waals surface area (Å²) in [5, 5.41) is 0. The van der Waals surface area contributed by atoms with Gasteiger partial charge < -0.3 is 14.2 Å². The number of rotatable bonds is 6. The first-order valence-electron chi connectivity index (χ1n) is 11.9. The fourth-order valence-electron chi connectivity index (χ4n) is 4.93. The number of fused-ring (bicyclic) bond motifs is 3. The van der Waals surface area contributed by atoms with E-state index in [2.05, 4.69) is 30.8 Å². The molecule has 0 radical (unpaired) electrons. The summed E-state index contributed by atoms with van der Waals surface area (Å²) in [6.07, 6.45) is 1.91. The van der Waals surface area contributed by atoms with E-state index in [4.69, 9.17) is 14.2 Å². The second kappa shape index (κ2) is 10.0. The lowest BCUT2D eigenvalue weighted by molar-refractivity contribution is -0.165. The maximum Gasteiger partial charge on any atom is 0.410 e. The molecule has 1 amide bonds. The summed E-state index contributed by atoms with van der Waals surface area (Å²) in [6, 6.07) is 15.5. The van der Waals surface area contributed by atoms with Gasteiger partial charge >= 0.3 is 12.1 Å². The summed E-state index contributed by atoms with van der Waals surface area (Å²) in [5.41, 5.74) is 4.16. The molecule has 6 nitrogen and oxygen atoms in total. The Morgan fingerprint density at radius 1 is 1.03 bits per heavy atom. The van der Waals surface area contributed by atoms with Crippen molar-refractivity contribution in [2.45, 2.75) is 57.3 Å². The number of hydrogen-bond acceptors (Lipinski definition) is 5. The molecule has 4 rings (SSSR count). The highest BCUT2D eigenvalue weighted by Crippen LogP contribution is 2.44. The van der Waals surface area contributed by atoms with Crippen molar-refractivity contribution >= 4 is 12.1 Å². The molecule has 0 aromatic heterocycles. The SMILES string of the molecule is C=CCOC(=O)C1C(OC(C)(C)C)CCCN1C(=O)OCC1c2ccccc2-c2ccccc21. The molecule has 2 aromatic rings. The largest absolute Gasteiger partial charge is 0.460 e. The van der Waals surface area contributed by atoms with Gasteiger partial charge in [0.15, 0.2) is 6.04 Å². The van der Waals surface area contributed by atoms with Crippen LogP contribution in [0, 0.1) is 0 Å². The molecule has 0 spiro atoms. The van der Waals surface area contributed by atoms with Crippen molar-refractivity contribution in [1.82, 2.24) is 4.90 Å². The molecule has 2 aliphatic rings. The number of esters is 1. The molecule has 0 bridgehead atoms. The zero-order valence-electron chi connectivity index (χ0n) is 20.2. The third-order valence-electron chi connectivity index (χ3n) is 6.24. The second-order valence-electron chi connectivity index (χ2n) is 9.77. The Kier molecular flexibility index (Phi) is 7.08. The van der Waals surface area contributed by atoms with E-state index in [-0.39, 0.29) is 19.1 Å². The van der Waals surface area contributed by atoms with Gasteiger partial charge in [-0.25, -0.2) is 9.59 Å². The Labute approximate surface area is 201 Å². The van der Waals surface area contributed by atoms with E-state index in [1.807, 2.05) is 45.0 Å². The quantitative estimate of drug-likeness (QED) is 0.429. The molecular formula is C28H33NO5. The number of hydrogen-bond donors (Lipinski definition) is 0. The molecule has 0 saturated carbocycles. The number of benzene rings is 2. The molecule has 2 aromatic carbocycles. The summed E-state index contributed by atoms with van der Waals surface area (Å²) in [4.78, 5) is 27.7. The summed E-state index contributed by atoms with van der Waals surface area (Å²) >= 11 is 0. The fourth-order valence-corrected chi connectivity index (χ4v) is 4.93. The zero-order chi connectivity index (χ0) is 24.3. The number of carbonyl (C=O) groups excluding carboxylic acids is 2. The Hall–Kier alpha value is -3.12. The fraction of sp³-hybridized carbons (Fsp3) is 0.429. The average molecular weight is 464 g/mol. The van der Waals surface area contributed by atoms with E-state index in [1.54, 1.807) is 0 Å². The number of nitrogens with zero attached hydrogens (tertiary/aromatic N) is 1. The lowest BCUT2D eigenvalue weighted by Crippen LogP contribution is -2.57. The first-order valence-corrected chi connectivity index (χ1v) is 11.9. The molecule has 1 saturated heterocycles. The van der Waals surface area contributed by atoms with Crippen LogP contribution in [0.5, 0.6) is 0 Å². The molecule has 6 heteroatoms. The van der Waals surface area contributed by atoms with Crippen LogP contribution in [0.4, 0.5) is 4.79 Å². The molecule has 34 heavy (non-hydrogen) atoms. The van der Waals surface area contributed by atoms with Gasteiger partial charge in [0, 0.05) is 12.5 Å². The minimum Gasteiger partial charge on any atom is -0.460 e. The van der Waals surface area contributed by atoms with Crippen molar-refractivity contribution in [3.63, 3.8) is 0 Å². The normalized spacial score (nSPS) is 19.8. The molecule has 1 aliphatic carbocycles. The van der Waals surface area contributed by atoms with Gasteiger partial charge in [0.2, 0.25) is 0 Å². The monoisotopic (exact) mass is 463 g/mol. The average Bonchev–Trinajstić information content (AvgIpc) is 3.13. The Morgan fingerprint density at radius 2 is 1.65 bits per heavy atom. The van der Waals surface area contributed by atoms with Crippen molar-refractivity contribution in [3.8, 4) is 11.1 Å². The number of carbonyl (C=O) groups is 2. The molecule has 1 fully saturated rings. The topological polar surface area (TPSA) is 65.1 Å². The van der Waals surface area contributed by atoms with Gasteiger partial charge in [0.25, 0.3) is 0 Å². The highest BCUT2D eigenvalue weighted by atomic mass is 16.6. The van der Waals surface area contributed by atoms with E-state index in [1.165, 1.54) is 22.1 Å². The first-order chi connectivity index (χ1) is 16.3. The van der Waals surface area contributed by atoms with Crippen LogP contribution in [-0.2, 0) is 19.0 Å². The minimum atomic E-state index is -0.858. The van der Waals surface area contributed by atoms with Crippen LogP contribution in [0.2, 0.25) is 0 Å². The van der Waals surface area contributed by atoms with E-state index >= 15 is 0 Å². The van der Waals surface area contributed by atoms with Crippen LogP contribution in [0.25, 0.3) is 11.1 Å². The summed E-state index contributed by atoms with van der Waals surface area (Å²) < 4.78 is 17.4. The highest BCUT2D eigenvalue weighted by Gasteiger charge is 2.43. The maximum absolute atomic E-state index is 13.3. The van der Waals surface area contributed by atoms with Crippen molar-refractivity contribution in [2.24, 2.45) is 0 Å². The molecule has 2 atom stereocenters. The Bertz CT molecular complexity index is 1010. The van der Waals surface area contributed by atoms with Crippen LogP contribution in [0.3, 0.4) is 0 Å². The lowest BCUT2D eigenvalue weighted by atomic mass is 9.97. The van der Waals surface area contributed by atoms with Crippen LogP contribution >= 0.6 is 0 Å². The van der Waals surface area contributed by atoms with Gasteiger partial charge in [0.05, 0.1) is 11.7 Å². The smallest absolute Gasteiger partial charge is 0.410 e. The van der Waals surface area contributed by atoms with Gasteiger partial charge in [-0.05, 0) is 55.9 Å². The van der Waals surface area contributed by atoms with Gasteiger partial charge in [-0.3, -0.25) is 4.90 Å². The summed E-state index contributed by atoms with van der Waals surface area (Å²) in [5.74, 6) is -0.545. The van der Waals surface area contributed by atoms with Crippen LogP contribution in [0.15, 0.2) is 61.2 Å². The third-order valence-corrected chi connectivity index (χ3v) is 6.24. The lowest BCUT2D eigenvalue weighted by Gasteiger charge is -2.41. The third kappa shape index (κ3) is 5.02. The van der Waals surface area contributed by atoms with Crippen molar-refractivity contribution < 1.29 is 23.8 Å². The van der Waals surface area contributed by atoms with Gasteiger partial charge in [-0.1, -0.05) is 61.2 Å². The second-order valence-corrected chi connectivity index (χ2v) is 9.77. The van der Waals surface area contributed by atoms with Crippen molar-refractivity contribution in [3.05, 3.63) is 72.3 Å². The number of ether oxygens (including phenoxy) is 3. The first kappa shape index (κ1) is 24.0. The molecule has 1 heterocycles. The maximum atomic E-state index is 13.3. The van der Waals surface area contributed by atoms with Gasteiger partial charge in [-0.15, -0.1) is 0 Å². The number of likely N-dealkylation sites (tertiary alicyclic amines) is 1. The Morgan fingerprint density at radius 3 is 2.24 bits per heavy atom. The summed E-state index contributed by atoms with van der Waals surface area (Å²) in [6.45, 7) is 10.1. The van der Waals surface area contributed by atoms with Gasteiger partial charge in [0.1, 0.15) is 13.2 Å². The summed E-state index contributed by atoms with van der Waals surface area (Å²) in [7, 11) is 0. The van der Waals surface area contributed by atoms with E-state index in [9.17, 15) is 9.59 Å². The van der Waals surface area contributed by atoms with Crippen molar-refractivity contribution in [1.29, 1.82) is 0 Å². The van der Waals surface area contributed by atoms with Crippen molar-refractivity contribution in [2.75, 3.05) is 19.8 Å². The van der Waals surface area contributed by atoms with Crippen LogP contribution in [0.1, 0.15) is 50.7 Å². The van der Waals surface area contributed by atoms with Crippen LogP contribution in [-0.4, -0.2) is 54.5 Å². The zero-order valence-corrected chi connectivity index (χ0v) is 20.2. The number of amides is 1. The van der Waals surface area contributed by atoms with Gasteiger partial charge in [-0.2, -0.15) is 0 Å². The standard InChI is InChI=1S/C28H33NO5/c1-5-17-32-26(30)25-24(34-28(2,3)4)15-10-16-29(25)27(31)33-18-23-21-13-8-6-11-19(21)20-12-7-9-14-22(20)23/h5-9,11-14,23-25H,1,10,15-18H2,2-4H3. The van der Waals surface area contributed by atoms with E-state index in [0.29, 0.717) is 13.0 Å². The molecule has 180 valence electrons.